The van der Waals surface area contributed by atoms with E-state index in [0.717, 1.165) is 0 Å². The summed E-state index contributed by atoms with van der Waals surface area (Å²) in [7, 11) is 6.61. The number of phenolic OH excluding ortho intramolecular Hbond substituents is 1. The number of carboxylic acids is 1. The number of hydrogen-bond acceptors (Lipinski definition) is 10. The van der Waals surface area contributed by atoms with Gasteiger partial charge < -0.3 is 36.2 Å². The van der Waals surface area contributed by atoms with Gasteiger partial charge in [-0.3, -0.25) is 19.3 Å². The minimum atomic E-state index is -2.73. The summed E-state index contributed by atoms with van der Waals surface area (Å²) in [6, 6.07) is 6.29. The zero-order valence-corrected chi connectivity index (χ0v) is 23.4. The molecule has 3 aliphatic rings. The second-order valence-corrected chi connectivity index (χ2v) is 11.4. The summed E-state index contributed by atoms with van der Waals surface area (Å²) in [5.74, 6) is -8.32. The zero-order chi connectivity index (χ0) is 31.0. The number of Topliss-reactive ketones (excluding diaryl/α,β-unsaturated/α-hetero) is 2. The lowest BCUT2D eigenvalue weighted by Crippen LogP contribution is -2.65. The van der Waals surface area contributed by atoms with Gasteiger partial charge in [-0.25, -0.2) is 4.79 Å². The Hall–Kier alpha value is -4.68. The van der Waals surface area contributed by atoms with Crippen LogP contribution in [0.3, 0.4) is 0 Å². The van der Waals surface area contributed by atoms with E-state index < -0.39 is 64.0 Å². The Morgan fingerprint density at radius 1 is 1.02 bits per heavy atom. The molecule has 0 aliphatic heterocycles. The van der Waals surface area contributed by atoms with Crippen molar-refractivity contribution >= 4 is 34.9 Å². The lowest BCUT2D eigenvalue weighted by atomic mass is 9.57. The number of likely N-dealkylation sites (N-methyl/N-ethyl adjacent to an activating group) is 1. The molecule has 0 aromatic heterocycles. The molecular formula is C30H31N3O9. The summed E-state index contributed by atoms with van der Waals surface area (Å²) in [6.45, 7) is 0. The predicted octanol–water partition coefficient (Wildman–Crippen LogP) is 1.40. The van der Waals surface area contributed by atoms with Gasteiger partial charge in [0.25, 0.3) is 5.91 Å². The third-order valence-corrected chi connectivity index (χ3v) is 8.62. The smallest absolute Gasteiger partial charge is 0.335 e. The second-order valence-electron chi connectivity index (χ2n) is 11.4. The normalized spacial score (nSPS) is 25.2. The van der Waals surface area contributed by atoms with Gasteiger partial charge in [-0.2, -0.15) is 0 Å². The molecule has 0 radical (unpaired) electrons. The molecule has 0 heterocycles. The van der Waals surface area contributed by atoms with Crippen LogP contribution in [-0.2, 0) is 20.8 Å². The van der Waals surface area contributed by atoms with Crippen molar-refractivity contribution < 1.29 is 44.7 Å². The van der Waals surface area contributed by atoms with E-state index in [-0.39, 0.29) is 40.9 Å². The average molecular weight is 578 g/mol. The Bertz CT molecular complexity index is 1640. The van der Waals surface area contributed by atoms with E-state index in [9.17, 15) is 44.7 Å². The Kier molecular flexibility index (Phi) is 6.66. The number of anilines is 1. The van der Waals surface area contributed by atoms with E-state index in [4.69, 9.17) is 5.73 Å². The molecule has 0 unspecified atom stereocenters. The molecule has 3 aliphatic carbocycles. The van der Waals surface area contributed by atoms with Gasteiger partial charge in [-0.1, -0.05) is 12.1 Å². The molecule has 12 nitrogen and oxygen atoms in total. The van der Waals surface area contributed by atoms with E-state index in [1.165, 1.54) is 29.2 Å². The number of ketones is 2. The molecule has 2 aromatic rings. The van der Waals surface area contributed by atoms with Crippen molar-refractivity contribution in [1.29, 1.82) is 0 Å². The molecule has 220 valence electrons. The Balaban J connectivity index is 1.75. The minimum Gasteiger partial charge on any atom is -0.508 e. The van der Waals surface area contributed by atoms with Crippen molar-refractivity contribution in [2.45, 2.75) is 24.5 Å². The Morgan fingerprint density at radius 2 is 1.64 bits per heavy atom. The third-order valence-electron chi connectivity index (χ3n) is 8.62. The number of fused-ring (bicyclic) bond motifs is 3. The van der Waals surface area contributed by atoms with Gasteiger partial charge in [-0.05, 0) is 62.2 Å². The number of carbonyl (C=O) groups is 4. The summed E-state index contributed by atoms with van der Waals surface area (Å²) >= 11 is 0. The van der Waals surface area contributed by atoms with Gasteiger partial charge in [0, 0.05) is 36.8 Å². The number of benzene rings is 2. The number of nitrogens with two attached hydrogens (primary N) is 1. The molecule has 42 heavy (non-hydrogen) atoms. The van der Waals surface area contributed by atoms with Crippen LogP contribution in [0.5, 0.6) is 5.75 Å². The lowest BCUT2D eigenvalue weighted by Gasteiger charge is -2.50. The molecule has 1 fully saturated rings. The summed E-state index contributed by atoms with van der Waals surface area (Å²) in [6.07, 6.45) is 0.131. The number of carbonyl (C=O) groups excluding carboxylic acids is 3. The minimum absolute atomic E-state index is 0.0161. The van der Waals surface area contributed by atoms with Crippen LogP contribution in [0.4, 0.5) is 5.69 Å². The van der Waals surface area contributed by atoms with Crippen LogP contribution in [0.15, 0.2) is 47.2 Å². The van der Waals surface area contributed by atoms with E-state index in [2.05, 4.69) is 0 Å². The Labute approximate surface area is 240 Å². The fourth-order valence-electron chi connectivity index (χ4n) is 6.70. The number of rotatable bonds is 5. The standard InChI is InChI=1S/C30H31N3O9/c1-32(2)18-11-15(12-5-7-13(8-6-12)29(40)41)23(34)20-16(18)9-14-10-17-22(33(3)4)25(36)21(28(31)39)27(38)30(17,42)26(37)19(14)24(20)35/h5-8,11,14,17,22,34-35,38,42H,9-10H2,1-4H3,(H2,31,39)(H,40,41)/t14-,17-,22-,30-/m1/s1. The number of aliphatic hydroxyl groups is 3. The largest absolute Gasteiger partial charge is 0.508 e. The van der Waals surface area contributed by atoms with Crippen molar-refractivity contribution in [1.82, 2.24) is 4.90 Å². The molecule has 0 spiro atoms. The number of nitrogens with zero attached hydrogens (tertiary/aromatic N) is 2. The van der Waals surface area contributed by atoms with Crippen LogP contribution in [0.25, 0.3) is 16.9 Å². The molecule has 0 saturated heterocycles. The first-order valence-electron chi connectivity index (χ1n) is 13.2. The van der Waals surface area contributed by atoms with Crippen LogP contribution in [-0.4, -0.2) is 93.7 Å². The average Bonchev–Trinajstić information content (AvgIpc) is 2.90. The van der Waals surface area contributed by atoms with E-state index in [0.29, 0.717) is 16.8 Å². The van der Waals surface area contributed by atoms with E-state index >= 15 is 0 Å². The third kappa shape index (κ3) is 3.90. The maximum Gasteiger partial charge on any atom is 0.335 e. The highest BCUT2D eigenvalue weighted by Gasteiger charge is 2.64. The number of amides is 1. The van der Waals surface area contributed by atoms with Crippen LogP contribution < -0.4 is 10.6 Å². The van der Waals surface area contributed by atoms with Crippen molar-refractivity contribution in [3.63, 3.8) is 0 Å². The molecule has 12 heteroatoms. The quantitative estimate of drug-likeness (QED) is 0.280. The van der Waals surface area contributed by atoms with Gasteiger partial charge in [0.1, 0.15) is 22.8 Å². The summed E-state index contributed by atoms with van der Waals surface area (Å²) in [5, 5.41) is 55.1. The predicted molar refractivity (Wildman–Crippen MR) is 151 cm³/mol. The van der Waals surface area contributed by atoms with Crippen LogP contribution in [0, 0.1) is 11.8 Å². The van der Waals surface area contributed by atoms with E-state index in [1.54, 1.807) is 39.2 Å². The SMILES string of the molecule is CN(C)c1cc(-c2ccc(C(=O)O)cc2)c(O)c2c1C[C@@H]1C[C@@H]3[C@@H](N(C)C)C(=O)C(C(N)=O)=C(O)[C@]3(O)C(=O)C1=C2O. The summed E-state index contributed by atoms with van der Waals surface area (Å²) in [4.78, 5) is 54.0. The maximum atomic E-state index is 14.1. The lowest BCUT2D eigenvalue weighted by molar-refractivity contribution is -0.153. The molecule has 2 aromatic carbocycles. The molecular weight excluding hydrogens is 546 g/mol. The number of primary amides is 1. The Morgan fingerprint density at radius 3 is 2.17 bits per heavy atom. The summed E-state index contributed by atoms with van der Waals surface area (Å²) in [5.41, 5.74) is 3.36. The van der Waals surface area contributed by atoms with Crippen molar-refractivity contribution in [2.75, 3.05) is 33.1 Å². The number of hydrogen-bond donors (Lipinski definition) is 6. The van der Waals surface area contributed by atoms with Crippen LogP contribution >= 0.6 is 0 Å². The molecule has 7 N–H and O–H groups in total. The highest BCUT2D eigenvalue weighted by molar-refractivity contribution is 6.24. The van der Waals surface area contributed by atoms with Crippen molar-refractivity contribution in [2.24, 2.45) is 17.6 Å². The number of aromatic carboxylic acids is 1. The van der Waals surface area contributed by atoms with Gasteiger partial charge in [0.2, 0.25) is 5.78 Å². The topological polar surface area (TPSA) is 202 Å². The molecule has 5 rings (SSSR count). The highest BCUT2D eigenvalue weighted by atomic mass is 16.4. The van der Waals surface area contributed by atoms with Gasteiger partial charge >= 0.3 is 5.97 Å². The van der Waals surface area contributed by atoms with Gasteiger partial charge in [-0.15, -0.1) is 0 Å². The molecule has 1 saturated carbocycles. The van der Waals surface area contributed by atoms with Gasteiger partial charge in [0.15, 0.2) is 11.4 Å². The molecule has 1 amide bonds. The summed E-state index contributed by atoms with van der Waals surface area (Å²) < 4.78 is 0. The fraction of sp³-hybridized carbons (Fsp3) is 0.333. The van der Waals surface area contributed by atoms with Crippen molar-refractivity contribution in [3.05, 3.63) is 63.9 Å². The first-order valence-corrected chi connectivity index (χ1v) is 13.2. The number of aromatic hydroxyl groups is 1. The van der Waals surface area contributed by atoms with Gasteiger partial charge in [0.05, 0.1) is 17.2 Å². The second kappa shape index (κ2) is 9.71. The monoisotopic (exact) mass is 577 g/mol. The van der Waals surface area contributed by atoms with E-state index in [1.807, 2.05) is 0 Å². The highest BCUT2D eigenvalue weighted by Crippen LogP contribution is 2.54. The fourth-order valence-corrected chi connectivity index (χ4v) is 6.70. The molecule has 0 bridgehead atoms. The zero-order valence-electron chi connectivity index (χ0n) is 23.4. The number of phenols is 1. The van der Waals surface area contributed by atoms with Crippen LogP contribution in [0.1, 0.15) is 27.9 Å². The van der Waals surface area contributed by atoms with Crippen molar-refractivity contribution in [3.8, 4) is 16.9 Å². The number of aliphatic hydroxyl groups excluding tert-OH is 2. The maximum absolute atomic E-state index is 14.1. The van der Waals surface area contributed by atoms with Crippen LogP contribution in [0.2, 0.25) is 0 Å². The molecule has 4 atom stereocenters. The first-order chi connectivity index (χ1) is 19.6. The first kappa shape index (κ1) is 28.8. The number of carboxylic acid groups (broad SMARTS) is 1.